The van der Waals surface area contributed by atoms with Gasteiger partial charge in [-0.15, -0.1) is 0 Å². The van der Waals surface area contributed by atoms with Gasteiger partial charge < -0.3 is 14.9 Å². The molecule has 4 nitrogen and oxygen atoms in total. The van der Waals surface area contributed by atoms with E-state index in [1.165, 1.54) is 12.1 Å². The second kappa shape index (κ2) is 8.67. The van der Waals surface area contributed by atoms with E-state index in [0.717, 1.165) is 32.0 Å². The summed E-state index contributed by atoms with van der Waals surface area (Å²) in [6, 6.07) is 5.49. The number of amides is 1. The van der Waals surface area contributed by atoms with Crippen molar-refractivity contribution >= 4 is 5.91 Å². The molecule has 1 N–H and O–H groups in total. The minimum atomic E-state index is -4.31. The predicted octanol–water partition coefficient (Wildman–Crippen LogP) is 2.41. The zero-order valence-corrected chi connectivity index (χ0v) is 14.4. The van der Waals surface area contributed by atoms with Gasteiger partial charge >= 0.3 is 6.18 Å². The van der Waals surface area contributed by atoms with Gasteiger partial charge in [0.05, 0.1) is 5.56 Å². The minimum Gasteiger partial charge on any atom is -0.387 e. The van der Waals surface area contributed by atoms with Crippen LogP contribution in [0.5, 0.6) is 0 Å². The van der Waals surface area contributed by atoms with Crippen molar-refractivity contribution in [2.75, 3.05) is 39.8 Å². The number of aliphatic hydroxyl groups is 1. The number of carbonyl (C=O) groups excluding carboxylic acids is 1. The van der Waals surface area contributed by atoms with E-state index in [1.54, 1.807) is 18.0 Å². The maximum Gasteiger partial charge on any atom is 0.416 e. The molecule has 1 aliphatic heterocycles. The second-order valence-electron chi connectivity index (χ2n) is 6.69. The zero-order chi connectivity index (χ0) is 18.4. The largest absolute Gasteiger partial charge is 0.416 e. The number of aliphatic hydroxyl groups excluding tert-OH is 1. The van der Waals surface area contributed by atoms with Crippen molar-refractivity contribution in [1.29, 1.82) is 0 Å². The van der Waals surface area contributed by atoms with Crippen LogP contribution in [0.25, 0.3) is 0 Å². The van der Waals surface area contributed by atoms with Gasteiger partial charge in [0, 0.05) is 26.7 Å². The molecule has 1 heterocycles. The molecule has 2 rings (SSSR count). The summed E-state index contributed by atoms with van der Waals surface area (Å²) in [5, 5.41) is 8.89. The van der Waals surface area contributed by atoms with Crippen molar-refractivity contribution in [3.63, 3.8) is 0 Å². The fourth-order valence-corrected chi connectivity index (χ4v) is 3.30. The molecule has 7 heteroatoms. The molecule has 25 heavy (non-hydrogen) atoms. The maximum atomic E-state index is 12.8. The van der Waals surface area contributed by atoms with Gasteiger partial charge in [-0.25, -0.2) is 0 Å². The lowest BCUT2D eigenvalue weighted by Gasteiger charge is -2.34. The first-order valence-electron chi connectivity index (χ1n) is 8.53. The normalized spacial score (nSPS) is 19.0. The van der Waals surface area contributed by atoms with E-state index in [1.807, 2.05) is 0 Å². The van der Waals surface area contributed by atoms with Gasteiger partial charge in [0.1, 0.15) is 6.61 Å². The Morgan fingerprint density at radius 3 is 2.84 bits per heavy atom. The van der Waals surface area contributed by atoms with Crippen LogP contribution in [0.15, 0.2) is 24.3 Å². The Labute approximate surface area is 146 Å². The molecule has 1 aliphatic rings. The Morgan fingerprint density at radius 2 is 2.16 bits per heavy atom. The second-order valence-corrected chi connectivity index (χ2v) is 6.69. The Kier molecular flexibility index (Phi) is 6.84. The lowest BCUT2D eigenvalue weighted by atomic mass is 9.97. The lowest BCUT2D eigenvalue weighted by Crippen LogP contribution is -2.42. The molecule has 0 bridgehead atoms. The van der Waals surface area contributed by atoms with Crippen LogP contribution in [-0.2, 0) is 17.4 Å². The monoisotopic (exact) mass is 358 g/mol. The summed E-state index contributed by atoms with van der Waals surface area (Å²) in [4.78, 5) is 15.2. The molecule has 0 aromatic heterocycles. The quantitative estimate of drug-likeness (QED) is 0.849. The molecule has 0 unspecified atom stereocenters. The van der Waals surface area contributed by atoms with Crippen LogP contribution in [0.1, 0.15) is 24.0 Å². The number of nitrogens with zero attached hydrogens (tertiary/aromatic N) is 2. The van der Waals surface area contributed by atoms with Gasteiger partial charge in [0.25, 0.3) is 0 Å². The third kappa shape index (κ3) is 6.01. The number of likely N-dealkylation sites (tertiary alicyclic amines) is 1. The molecule has 0 aliphatic carbocycles. The van der Waals surface area contributed by atoms with E-state index < -0.39 is 18.3 Å². The van der Waals surface area contributed by atoms with Crippen molar-refractivity contribution in [3.05, 3.63) is 35.4 Å². The molecule has 1 amide bonds. The van der Waals surface area contributed by atoms with Gasteiger partial charge in [0.2, 0.25) is 5.91 Å². The molecule has 1 fully saturated rings. The summed E-state index contributed by atoms with van der Waals surface area (Å²) in [6.07, 6.45) is -1.71. The topological polar surface area (TPSA) is 43.8 Å². The highest BCUT2D eigenvalue weighted by atomic mass is 19.4. The Morgan fingerprint density at radius 1 is 1.40 bits per heavy atom. The molecular formula is C18H25F3N2O2. The molecule has 0 saturated carbocycles. The Bertz CT molecular complexity index is 578. The van der Waals surface area contributed by atoms with Crippen molar-refractivity contribution in [2.24, 2.45) is 5.92 Å². The first kappa shape index (κ1) is 19.7. The van der Waals surface area contributed by atoms with Gasteiger partial charge in [0.15, 0.2) is 0 Å². The fraction of sp³-hybridized carbons (Fsp3) is 0.611. The summed E-state index contributed by atoms with van der Waals surface area (Å²) in [5.74, 6) is 0.0387. The highest BCUT2D eigenvalue weighted by Gasteiger charge is 2.30. The van der Waals surface area contributed by atoms with Crippen LogP contribution < -0.4 is 0 Å². The third-order valence-electron chi connectivity index (χ3n) is 4.67. The molecule has 1 aromatic rings. The number of hydrogen-bond donors (Lipinski definition) is 1. The summed E-state index contributed by atoms with van der Waals surface area (Å²) < 4.78 is 38.3. The number of halogens is 3. The SMILES string of the molecule is CN(C[C@@H]1CCCN(CCc2cccc(C(F)(F)F)c2)C1)C(=O)CO. The predicted molar refractivity (Wildman–Crippen MR) is 89.0 cm³/mol. The molecule has 1 aromatic carbocycles. The van der Waals surface area contributed by atoms with Crippen molar-refractivity contribution in [3.8, 4) is 0 Å². The number of alkyl halides is 3. The number of benzene rings is 1. The van der Waals surface area contributed by atoms with Crippen LogP contribution in [0.4, 0.5) is 13.2 Å². The van der Waals surface area contributed by atoms with E-state index in [9.17, 15) is 18.0 Å². The average molecular weight is 358 g/mol. The molecule has 0 spiro atoms. The molecule has 1 atom stereocenters. The van der Waals surface area contributed by atoms with Crippen molar-refractivity contribution in [1.82, 2.24) is 9.80 Å². The number of likely N-dealkylation sites (N-methyl/N-ethyl adjacent to an activating group) is 1. The standard InChI is InChI=1S/C18H25F3N2O2/c1-22(17(25)13-24)11-15-5-3-8-23(12-15)9-7-14-4-2-6-16(10-14)18(19,20)21/h2,4,6,10,15,24H,3,5,7-9,11-13H2,1H3/t15-/m0/s1. The maximum absolute atomic E-state index is 12.8. The van der Waals surface area contributed by atoms with Gasteiger partial charge in [-0.3, -0.25) is 4.79 Å². The first-order valence-corrected chi connectivity index (χ1v) is 8.53. The van der Waals surface area contributed by atoms with Crippen LogP contribution in [0.2, 0.25) is 0 Å². The number of carbonyl (C=O) groups is 1. The van der Waals surface area contributed by atoms with Crippen LogP contribution in [0, 0.1) is 5.92 Å². The van der Waals surface area contributed by atoms with Crippen LogP contribution >= 0.6 is 0 Å². The Balaban J connectivity index is 1.86. The summed E-state index contributed by atoms with van der Waals surface area (Å²) in [6.45, 7) is 2.56. The summed E-state index contributed by atoms with van der Waals surface area (Å²) in [5.41, 5.74) is 0.0789. The smallest absolute Gasteiger partial charge is 0.387 e. The van der Waals surface area contributed by atoms with E-state index in [0.29, 0.717) is 31.0 Å². The molecule has 140 valence electrons. The molecule has 0 radical (unpaired) electrons. The lowest BCUT2D eigenvalue weighted by molar-refractivity contribution is -0.137. The van der Waals surface area contributed by atoms with E-state index in [4.69, 9.17) is 5.11 Å². The average Bonchev–Trinajstić information content (AvgIpc) is 2.59. The van der Waals surface area contributed by atoms with E-state index in [-0.39, 0.29) is 5.91 Å². The summed E-state index contributed by atoms with van der Waals surface area (Å²) in [7, 11) is 1.68. The fourth-order valence-electron chi connectivity index (χ4n) is 3.30. The highest BCUT2D eigenvalue weighted by Crippen LogP contribution is 2.29. The zero-order valence-electron chi connectivity index (χ0n) is 14.4. The number of piperidine rings is 1. The van der Waals surface area contributed by atoms with Gasteiger partial charge in [-0.1, -0.05) is 18.2 Å². The molecular weight excluding hydrogens is 333 g/mol. The van der Waals surface area contributed by atoms with E-state index >= 15 is 0 Å². The Hall–Kier alpha value is -1.60. The third-order valence-corrected chi connectivity index (χ3v) is 4.67. The minimum absolute atomic E-state index is 0.291. The van der Waals surface area contributed by atoms with Gasteiger partial charge in [-0.2, -0.15) is 13.2 Å². The number of hydrogen-bond acceptors (Lipinski definition) is 3. The molecule has 1 saturated heterocycles. The first-order chi connectivity index (χ1) is 11.8. The van der Waals surface area contributed by atoms with Crippen LogP contribution in [0.3, 0.4) is 0 Å². The van der Waals surface area contributed by atoms with Crippen molar-refractivity contribution < 1.29 is 23.1 Å². The number of rotatable bonds is 6. The van der Waals surface area contributed by atoms with Crippen molar-refractivity contribution in [2.45, 2.75) is 25.4 Å². The van der Waals surface area contributed by atoms with Crippen LogP contribution in [-0.4, -0.2) is 60.6 Å². The van der Waals surface area contributed by atoms with Gasteiger partial charge in [-0.05, 0) is 43.4 Å². The highest BCUT2D eigenvalue weighted by molar-refractivity contribution is 5.76. The summed E-state index contributed by atoms with van der Waals surface area (Å²) >= 11 is 0. The van der Waals surface area contributed by atoms with E-state index in [2.05, 4.69) is 4.90 Å².